The maximum atomic E-state index is 5.85. The van der Waals surface area contributed by atoms with E-state index in [1.807, 2.05) is 0 Å². The molecule has 2 heterocycles. The predicted octanol–water partition coefficient (Wildman–Crippen LogP) is 2.81. The van der Waals surface area contributed by atoms with Gasteiger partial charge in [-0.15, -0.1) is 0 Å². The van der Waals surface area contributed by atoms with Gasteiger partial charge in [-0.2, -0.15) is 4.98 Å². The van der Waals surface area contributed by atoms with E-state index < -0.39 is 0 Å². The molecule has 0 bridgehead atoms. The van der Waals surface area contributed by atoms with E-state index in [2.05, 4.69) is 36.2 Å². The zero-order valence-corrected chi connectivity index (χ0v) is 12.9. The molecule has 1 aromatic heterocycles. The Morgan fingerprint density at radius 1 is 1.40 bits per heavy atom. The third-order valence-electron chi connectivity index (χ3n) is 3.94. The van der Waals surface area contributed by atoms with Crippen LogP contribution in [0.25, 0.3) is 0 Å². The minimum absolute atomic E-state index is 0.355. The van der Waals surface area contributed by atoms with Gasteiger partial charge in [-0.1, -0.05) is 12.1 Å². The Balaban J connectivity index is 1.85. The number of hydrogen-bond donors (Lipinski definition) is 1. The lowest BCUT2D eigenvalue weighted by molar-refractivity contribution is -0.0770. The van der Waals surface area contributed by atoms with Gasteiger partial charge in [-0.3, -0.25) is 0 Å². The highest BCUT2D eigenvalue weighted by molar-refractivity contribution is 5.00. The maximum absolute atomic E-state index is 5.85. The fourth-order valence-corrected chi connectivity index (χ4v) is 2.51. The van der Waals surface area contributed by atoms with Gasteiger partial charge in [0.1, 0.15) is 5.60 Å². The molecule has 0 aromatic carbocycles. The molecule has 114 valence electrons. The SMILES string of the molecule is CCCNC(C)CCc1nc(C2(C)CCCCO2)no1. The van der Waals surface area contributed by atoms with Crippen LogP contribution in [-0.4, -0.2) is 29.3 Å². The highest BCUT2D eigenvalue weighted by Crippen LogP contribution is 2.32. The number of nitrogens with zero attached hydrogens (tertiary/aromatic N) is 2. The molecule has 1 N–H and O–H groups in total. The Kier molecular flexibility index (Phi) is 5.54. The van der Waals surface area contributed by atoms with E-state index in [1.165, 1.54) is 6.42 Å². The van der Waals surface area contributed by atoms with Crippen LogP contribution in [0.2, 0.25) is 0 Å². The smallest absolute Gasteiger partial charge is 0.226 e. The number of ether oxygens (including phenoxy) is 1. The van der Waals surface area contributed by atoms with Crippen LogP contribution < -0.4 is 5.32 Å². The summed E-state index contributed by atoms with van der Waals surface area (Å²) in [6.07, 6.45) is 6.25. The van der Waals surface area contributed by atoms with Crippen LogP contribution in [0.5, 0.6) is 0 Å². The summed E-state index contributed by atoms with van der Waals surface area (Å²) in [6, 6.07) is 0.479. The Morgan fingerprint density at radius 3 is 2.95 bits per heavy atom. The monoisotopic (exact) mass is 281 g/mol. The predicted molar refractivity (Wildman–Crippen MR) is 77.5 cm³/mol. The molecule has 1 fully saturated rings. The van der Waals surface area contributed by atoms with Gasteiger partial charge < -0.3 is 14.6 Å². The second kappa shape index (κ2) is 7.18. The van der Waals surface area contributed by atoms with Crippen LogP contribution in [0.1, 0.15) is 64.6 Å². The molecule has 0 aliphatic carbocycles. The average Bonchev–Trinajstić information content (AvgIpc) is 2.93. The Morgan fingerprint density at radius 2 is 2.25 bits per heavy atom. The molecule has 0 radical (unpaired) electrons. The van der Waals surface area contributed by atoms with E-state index in [-0.39, 0.29) is 5.60 Å². The van der Waals surface area contributed by atoms with Gasteiger partial charge >= 0.3 is 0 Å². The summed E-state index contributed by atoms with van der Waals surface area (Å²) in [6.45, 7) is 8.28. The van der Waals surface area contributed by atoms with E-state index in [9.17, 15) is 0 Å². The molecule has 2 unspecified atom stereocenters. The quantitative estimate of drug-likeness (QED) is 0.832. The molecule has 0 saturated carbocycles. The van der Waals surface area contributed by atoms with Gasteiger partial charge in [0.25, 0.3) is 0 Å². The summed E-state index contributed by atoms with van der Waals surface area (Å²) in [7, 11) is 0. The first-order valence-corrected chi connectivity index (χ1v) is 7.84. The summed E-state index contributed by atoms with van der Waals surface area (Å²) < 4.78 is 11.2. The van der Waals surface area contributed by atoms with E-state index in [1.54, 1.807) is 0 Å². The fourth-order valence-electron chi connectivity index (χ4n) is 2.51. The van der Waals surface area contributed by atoms with E-state index in [4.69, 9.17) is 9.26 Å². The molecule has 1 aliphatic rings. The van der Waals surface area contributed by atoms with Gasteiger partial charge in [0, 0.05) is 19.1 Å². The lowest BCUT2D eigenvalue weighted by Crippen LogP contribution is -2.31. The first-order valence-electron chi connectivity index (χ1n) is 7.84. The Bertz CT molecular complexity index is 400. The van der Waals surface area contributed by atoms with Crippen molar-refractivity contribution in [2.75, 3.05) is 13.2 Å². The average molecular weight is 281 g/mol. The highest BCUT2D eigenvalue weighted by Gasteiger charge is 2.34. The van der Waals surface area contributed by atoms with Crippen molar-refractivity contribution in [2.24, 2.45) is 0 Å². The maximum Gasteiger partial charge on any atom is 0.226 e. The van der Waals surface area contributed by atoms with Crippen LogP contribution in [-0.2, 0) is 16.8 Å². The van der Waals surface area contributed by atoms with Crippen molar-refractivity contribution >= 4 is 0 Å². The minimum Gasteiger partial charge on any atom is -0.367 e. The third-order valence-corrected chi connectivity index (χ3v) is 3.94. The summed E-state index contributed by atoms with van der Waals surface area (Å²) in [5.41, 5.74) is -0.355. The number of rotatable bonds is 7. The number of hydrogen-bond acceptors (Lipinski definition) is 5. The summed E-state index contributed by atoms with van der Waals surface area (Å²) in [4.78, 5) is 4.53. The number of aryl methyl sites for hydroxylation is 1. The molecule has 5 heteroatoms. The highest BCUT2D eigenvalue weighted by atomic mass is 16.5. The molecule has 0 spiro atoms. The molecular weight excluding hydrogens is 254 g/mol. The topological polar surface area (TPSA) is 60.2 Å². The van der Waals surface area contributed by atoms with Crippen molar-refractivity contribution in [1.82, 2.24) is 15.5 Å². The van der Waals surface area contributed by atoms with Crippen LogP contribution in [0.4, 0.5) is 0 Å². The normalized spacial score (nSPS) is 24.8. The van der Waals surface area contributed by atoms with Gasteiger partial charge in [-0.25, -0.2) is 0 Å². The van der Waals surface area contributed by atoms with Crippen molar-refractivity contribution in [1.29, 1.82) is 0 Å². The van der Waals surface area contributed by atoms with Gasteiger partial charge in [0.2, 0.25) is 11.7 Å². The molecular formula is C15H27N3O2. The standard InChI is InChI=1S/C15H27N3O2/c1-4-10-16-12(2)7-8-13-17-14(18-20-13)15(3)9-5-6-11-19-15/h12,16H,4-11H2,1-3H3. The van der Waals surface area contributed by atoms with Crippen LogP contribution in [0, 0.1) is 0 Å². The van der Waals surface area contributed by atoms with Crippen molar-refractivity contribution in [3.8, 4) is 0 Å². The lowest BCUT2D eigenvalue weighted by atomic mass is 9.95. The molecule has 2 atom stereocenters. The molecule has 1 aliphatic heterocycles. The molecule has 0 amide bonds. The number of aromatic nitrogens is 2. The van der Waals surface area contributed by atoms with Crippen molar-refractivity contribution in [3.05, 3.63) is 11.7 Å². The molecule has 1 aromatic rings. The largest absolute Gasteiger partial charge is 0.367 e. The third kappa shape index (κ3) is 4.03. The van der Waals surface area contributed by atoms with Crippen LogP contribution in [0.15, 0.2) is 4.52 Å². The molecule has 1 saturated heterocycles. The summed E-state index contributed by atoms with van der Waals surface area (Å²) in [5, 5.41) is 7.59. The van der Waals surface area contributed by atoms with Gasteiger partial charge in [0.15, 0.2) is 0 Å². The Hall–Kier alpha value is -0.940. The van der Waals surface area contributed by atoms with E-state index in [0.29, 0.717) is 11.9 Å². The van der Waals surface area contributed by atoms with Crippen molar-refractivity contribution in [2.45, 2.75) is 70.9 Å². The fraction of sp³-hybridized carbons (Fsp3) is 0.867. The summed E-state index contributed by atoms with van der Waals surface area (Å²) in [5.74, 6) is 1.43. The first-order chi connectivity index (χ1) is 9.64. The zero-order chi connectivity index (χ0) is 14.4. The number of nitrogens with one attached hydrogen (secondary N) is 1. The minimum atomic E-state index is -0.355. The molecule has 20 heavy (non-hydrogen) atoms. The second-order valence-electron chi connectivity index (χ2n) is 5.94. The van der Waals surface area contributed by atoms with E-state index in [0.717, 1.165) is 51.1 Å². The lowest BCUT2D eigenvalue weighted by Gasteiger charge is -2.30. The second-order valence-corrected chi connectivity index (χ2v) is 5.94. The molecule has 2 rings (SSSR count). The summed E-state index contributed by atoms with van der Waals surface area (Å²) >= 11 is 0. The van der Waals surface area contributed by atoms with Gasteiger partial charge in [-0.05, 0) is 52.5 Å². The van der Waals surface area contributed by atoms with Crippen LogP contribution >= 0.6 is 0 Å². The first kappa shape index (κ1) is 15.4. The van der Waals surface area contributed by atoms with Crippen molar-refractivity contribution < 1.29 is 9.26 Å². The van der Waals surface area contributed by atoms with Gasteiger partial charge in [0.05, 0.1) is 0 Å². The molecule has 5 nitrogen and oxygen atoms in total. The van der Waals surface area contributed by atoms with Crippen molar-refractivity contribution in [3.63, 3.8) is 0 Å². The Labute approximate surface area is 121 Å². The van der Waals surface area contributed by atoms with Crippen LogP contribution in [0.3, 0.4) is 0 Å². The van der Waals surface area contributed by atoms with E-state index >= 15 is 0 Å². The zero-order valence-electron chi connectivity index (χ0n) is 12.9.